The van der Waals surface area contributed by atoms with Gasteiger partial charge < -0.3 is 35.4 Å². The Kier molecular flexibility index (Phi) is 15.5. The molecule has 2 fully saturated rings. The fraction of sp³-hybridized carbons (Fsp3) is 0.462. The number of aryl methyl sites for hydroxylation is 1. The predicted molar refractivity (Wildman–Crippen MR) is 265 cm³/mol. The average molecular weight is 964 g/mol. The van der Waals surface area contributed by atoms with E-state index in [1.165, 1.54) is 4.90 Å². The minimum absolute atomic E-state index is 0.0525. The second-order valence-corrected chi connectivity index (χ2v) is 20.8. The molecule has 2 aliphatic rings. The van der Waals surface area contributed by atoms with Crippen molar-refractivity contribution in [1.82, 2.24) is 30.3 Å². The zero-order valence-electron chi connectivity index (χ0n) is 40.1. The van der Waals surface area contributed by atoms with E-state index in [-0.39, 0.29) is 65.6 Å². The number of hydrogen-bond donors (Lipinski definition) is 4. The van der Waals surface area contributed by atoms with E-state index in [4.69, 9.17) is 21.1 Å². The number of likely N-dealkylation sites (tertiary alicyclic amines) is 1. The number of aliphatic hydroxyl groups is 1. The maximum Gasteiger partial charge on any atom is 0.251 e. The van der Waals surface area contributed by atoms with Gasteiger partial charge >= 0.3 is 0 Å². The summed E-state index contributed by atoms with van der Waals surface area (Å²) in [6, 6.07) is 22.3. The third-order valence-electron chi connectivity index (χ3n) is 13.4. The van der Waals surface area contributed by atoms with Crippen LogP contribution in [0.5, 0.6) is 11.6 Å². The van der Waals surface area contributed by atoms with Crippen molar-refractivity contribution in [3.05, 3.63) is 112 Å². The van der Waals surface area contributed by atoms with E-state index >= 15 is 0 Å². The summed E-state index contributed by atoms with van der Waals surface area (Å²) in [6.07, 6.45) is 3.29. The molecule has 3 amide bonds. The second kappa shape index (κ2) is 21.1. The molecule has 0 spiro atoms. The molecule has 4 N–H and O–H groups in total. The van der Waals surface area contributed by atoms with Gasteiger partial charge in [-0.1, -0.05) is 77.4 Å². The van der Waals surface area contributed by atoms with Crippen LogP contribution in [0.3, 0.4) is 0 Å². The molecule has 16 heteroatoms. The Balaban J connectivity index is 0.846. The number of nitriles is 1. The zero-order valence-corrected chi connectivity index (χ0v) is 41.7. The zero-order chi connectivity index (χ0) is 48.9. The molecular formula is C52H63ClN8O6S. The van der Waals surface area contributed by atoms with Crippen LogP contribution in [0.25, 0.3) is 10.4 Å². The van der Waals surface area contributed by atoms with E-state index in [2.05, 4.69) is 59.8 Å². The number of ether oxygens (including phenoxy) is 2. The van der Waals surface area contributed by atoms with Crippen LogP contribution in [-0.2, 0) is 9.59 Å². The molecular weight excluding hydrogens is 900 g/mol. The highest BCUT2D eigenvalue weighted by molar-refractivity contribution is 7.13. The molecule has 2 aromatic heterocycles. The molecule has 7 rings (SSSR count). The molecule has 1 saturated carbocycles. The lowest BCUT2D eigenvalue weighted by Crippen LogP contribution is -2.74. The van der Waals surface area contributed by atoms with E-state index < -0.39 is 18.2 Å². The lowest BCUT2D eigenvalue weighted by molar-refractivity contribution is -0.164. The fourth-order valence-corrected chi connectivity index (χ4v) is 11.1. The highest BCUT2D eigenvalue weighted by atomic mass is 35.5. The molecule has 0 bridgehead atoms. The lowest BCUT2D eigenvalue weighted by Gasteiger charge is -2.63. The average Bonchev–Trinajstić information content (AvgIpc) is 4.06. The quantitative estimate of drug-likeness (QED) is 0.0583. The summed E-state index contributed by atoms with van der Waals surface area (Å²) in [5.41, 5.74) is 5.93. The minimum atomic E-state index is -0.831. The van der Waals surface area contributed by atoms with Gasteiger partial charge in [0.15, 0.2) is 0 Å². The van der Waals surface area contributed by atoms with E-state index in [9.17, 15) is 24.8 Å². The number of nitrogens with one attached hydrogen (secondary N) is 3. The first-order valence-electron chi connectivity index (χ1n) is 23.4. The van der Waals surface area contributed by atoms with Crippen LogP contribution in [0, 0.1) is 35.0 Å². The van der Waals surface area contributed by atoms with E-state index in [0.29, 0.717) is 34.4 Å². The number of thiazole rings is 1. The van der Waals surface area contributed by atoms with Gasteiger partial charge in [0.2, 0.25) is 17.7 Å². The number of aliphatic hydroxyl groups excluding tert-OH is 1. The largest absolute Gasteiger partial charge is 0.489 e. The maximum atomic E-state index is 14.3. The Labute approximate surface area is 408 Å². The van der Waals surface area contributed by atoms with Crippen molar-refractivity contribution in [1.29, 1.82) is 5.26 Å². The number of aromatic nitrogens is 3. The van der Waals surface area contributed by atoms with Crippen LogP contribution >= 0.6 is 22.9 Å². The molecule has 14 nitrogen and oxygen atoms in total. The van der Waals surface area contributed by atoms with Gasteiger partial charge in [0, 0.05) is 59.8 Å². The van der Waals surface area contributed by atoms with Gasteiger partial charge in [-0.3, -0.25) is 14.4 Å². The molecule has 68 heavy (non-hydrogen) atoms. The third kappa shape index (κ3) is 10.8. The van der Waals surface area contributed by atoms with Gasteiger partial charge in [-0.05, 0) is 86.6 Å². The number of nitrogens with zero attached hydrogens (tertiary/aromatic N) is 5. The summed E-state index contributed by atoms with van der Waals surface area (Å²) in [6.45, 7) is 17.3. The molecule has 1 aliphatic carbocycles. The van der Waals surface area contributed by atoms with Crippen LogP contribution in [-0.4, -0.2) is 86.5 Å². The molecule has 3 aromatic carbocycles. The van der Waals surface area contributed by atoms with Gasteiger partial charge in [-0.15, -0.1) is 11.3 Å². The van der Waals surface area contributed by atoms with Crippen LogP contribution in [0.1, 0.15) is 113 Å². The predicted octanol–water partition coefficient (Wildman–Crippen LogP) is 9.15. The Morgan fingerprint density at radius 3 is 2.35 bits per heavy atom. The van der Waals surface area contributed by atoms with Gasteiger partial charge in [-0.2, -0.15) is 10.4 Å². The minimum Gasteiger partial charge on any atom is -0.489 e. The Hall–Kier alpha value is -5.95. The van der Waals surface area contributed by atoms with Crippen molar-refractivity contribution < 1.29 is 29.0 Å². The van der Waals surface area contributed by atoms with E-state index in [1.54, 1.807) is 46.5 Å². The number of unbranched alkanes of at least 4 members (excludes halogenated alkanes) is 2. The van der Waals surface area contributed by atoms with Crippen molar-refractivity contribution in [3.63, 3.8) is 0 Å². The summed E-state index contributed by atoms with van der Waals surface area (Å²) in [4.78, 5) is 48.4. The molecule has 1 unspecified atom stereocenters. The molecule has 360 valence electrons. The SMILES string of the molecule is Cc1ncsc1-c1ccc([C@H](C)NC(=O)[C@@H]2CC(O)CN2C(=O)[C@H](C(C)C)n2nccc2OCCCCCNc2ccc(C(=O)NC3C(C)(C)C(Oc4ccc(C#N)c(Cl)c4)C3(C)C)cc2)cc1. The van der Waals surface area contributed by atoms with E-state index in [0.717, 1.165) is 53.2 Å². The Morgan fingerprint density at radius 1 is 0.985 bits per heavy atom. The molecule has 5 aromatic rings. The third-order valence-corrected chi connectivity index (χ3v) is 14.7. The van der Waals surface area contributed by atoms with Crippen LogP contribution in [0.4, 0.5) is 5.69 Å². The van der Waals surface area contributed by atoms with Gasteiger partial charge in [0.05, 0.1) is 51.6 Å². The van der Waals surface area contributed by atoms with Crippen molar-refractivity contribution >= 4 is 46.3 Å². The van der Waals surface area contributed by atoms with Gasteiger partial charge in [0.1, 0.15) is 30.0 Å². The van der Waals surface area contributed by atoms with Crippen molar-refractivity contribution in [2.45, 2.75) is 117 Å². The van der Waals surface area contributed by atoms with Crippen LogP contribution in [0.15, 0.2) is 84.5 Å². The highest BCUT2D eigenvalue weighted by Crippen LogP contribution is 2.55. The highest BCUT2D eigenvalue weighted by Gasteiger charge is 2.64. The first-order valence-corrected chi connectivity index (χ1v) is 24.6. The second-order valence-electron chi connectivity index (χ2n) is 19.5. The number of anilines is 1. The summed E-state index contributed by atoms with van der Waals surface area (Å²) in [7, 11) is 0. The number of benzene rings is 3. The number of β-amino-alcohol motifs (C(OH)–C–C–N with tert-alkyl or cyclic N) is 1. The lowest BCUT2D eigenvalue weighted by atomic mass is 9.49. The van der Waals surface area contributed by atoms with E-state index in [1.807, 2.05) is 81.7 Å². The number of carbonyl (C=O) groups excluding carboxylic acids is 3. The van der Waals surface area contributed by atoms with Crippen LogP contribution in [0.2, 0.25) is 5.02 Å². The normalized spacial score (nSPS) is 20.2. The first-order chi connectivity index (χ1) is 32.4. The molecule has 0 radical (unpaired) electrons. The molecule has 1 saturated heterocycles. The van der Waals surface area contributed by atoms with Crippen molar-refractivity contribution in [2.75, 3.05) is 25.0 Å². The number of rotatable bonds is 19. The number of halogens is 1. The summed E-state index contributed by atoms with van der Waals surface area (Å²) < 4.78 is 14.2. The summed E-state index contributed by atoms with van der Waals surface area (Å²) >= 11 is 7.84. The summed E-state index contributed by atoms with van der Waals surface area (Å²) in [5, 5.41) is 34.6. The number of hydrogen-bond acceptors (Lipinski definition) is 11. The van der Waals surface area contributed by atoms with Crippen LogP contribution < -0.4 is 25.4 Å². The topological polar surface area (TPSA) is 184 Å². The Bertz CT molecular complexity index is 2590. The van der Waals surface area contributed by atoms with Crippen molar-refractivity contribution in [2.24, 2.45) is 16.7 Å². The number of carbonyl (C=O) groups is 3. The monoisotopic (exact) mass is 962 g/mol. The summed E-state index contributed by atoms with van der Waals surface area (Å²) in [5.74, 6) is 0.115. The number of amides is 3. The fourth-order valence-electron chi connectivity index (χ4n) is 10.0. The smallest absolute Gasteiger partial charge is 0.251 e. The molecule has 4 atom stereocenters. The first kappa shape index (κ1) is 49.9. The Morgan fingerprint density at radius 2 is 1.71 bits per heavy atom. The van der Waals surface area contributed by atoms with Gasteiger partial charge in [-0.25, -0.2) is 9.67 Å². The standard InChI is InChI=1S/C52H63ClN8O6S/c1-31(2)44(48(65)60-29-39(62)26-42(60)47(64)58-32(3)34-12-14-35(15-13-34)45-33(4)56-30-68-45)61-43(22-24-57-61)66-25-11-9-10-23-55-38-19-16-36(17-20-38)46(63)59-49-51(5,6)50(52(49,7)8)67-40-21-18-37(28-54)41(53)27-40/h12-22,24,27,30-32,39,42,44,49-50,55,62H,9-11,23,25-26,29H2,1-8H3,(H,58,64)(H,59,63)/t32-,39?,42-,44-,49?,50?/m0/s1. The maximum absolute atomic E-state index is 14.3. The van der Waals surface area contributed by atoms with Gasteiger partial charge in [0.25, 0.3) is 5.91 Å². The molecule has 3 heterocycles. The molecule has 1 aliphatic heterocycles. The van der Waals surface area contributed by atoms with Crippen molar-refractivity contribution in [3.8, 4) is 28.1 Å².